The molecule has 3 nitrogen and oxygen atoms in total. The first-order valence-electron chi connectivity index (χ1n) is 6.78. The third-order valence-electron chi connectivity index (χ3n) is 3.95. The minimum absolute atomic E-state index is 0.136. The van der Waals surface area contributed by atoms with E-state index in [0.717, 1.165) is 18.6 Å². The largest absolute Gasteiger partial charge is 0.488 e. The molecule has 3 rings (SSSR count). The molecule has 0 spiro atoms. The predicted octanol–water partition coefficient (Wildman–Crippen LogP) is 2.32. The first-order chi connectivity index (χ1) is 8.88. The Balaban J connectivity index is 1.77. The van der Waals surface area contributed by atoms with Crippen LogP contribution in [0.5, 0.6) is 5.75 Å². The minimum atomic E-state index is 0.136. The van der Waals surface area contributed by atoms with Crippen LogP contribution in [0.3, 0.4) is 0 Å². The molecule has 1 aromatic rings. The van der Waals surface area contributed by atoms with Gasteiger partial charge in [-0.2, -0.15) is 0 Å². The highest BCUT2D eigenvalue weighted by Gasteiger charge is 2.31. The Morgan fingerprint density at radius 2 is 2.17 bits per heavy atom. The maximum atomic E-state index is 6.03. The van der Waals surface area contributed by atoms with Crippen molar-refractivity contribution >= 4 is 0 Å². The van der Waals surface area contributed by atoms with E-state index in [4.69, 9.17) is 10.6 Å². The number of nitrogens with two attached hydrogens (primary N) is 1. The smallest absolute Gasteiger partial charge is 0.123 e. The molecule has 18 heavy (non-hydrogen) atoms. The van der Waals surface area contributed by atoms with E-state index >= 15 is 0 Å². The Morgan fingerprint density at radius 1 is 1.28 bits per heavy atom. The standard InChI is InChI=1S/C15H20N2O/c16-17-15(11-6-2-1-3-7-11)14-10-12-8-4-5-9-13(12)18-14/h4-6,8-9,14-15,17H,1-3,7,10,16H2. The second-order valence-corrected chi connectivity index (χ2v) is 5.14. The maximum Gasteiger partial charge on any atom is 0.123 e. The fourth-order valence-electron chi connectivity index (χ4n) is 2.99. The molecule has 3 heteroatoms. The maximum absolute atomic E-state index is 6.03. The van der Waals surface area contributed by atoms with E-state index in [1.54, 1.807) is 0 Å². The van der Waals surface area contributed by atoms with Crippen LogP contribution in [0.1, 0.15) is 31.2 Å². The monoisotopic (exact) mass is 244 g/mol. The number of hydrogen-bond donors (Lipinski definition) is 2. The van der Waals surface area contributed by atoms with Gasteiger partial charge in [0.15, 0.2) is 0 Å². The second-order valence-electron chi connectivity index (χ2n) is 5.14. The van der Waals surface area contributed by atoms with Crippen LogP contribution >= 0.6 is 0 Å². The van der Waals surface area contributed by atoms with Gasteiger partial charge in [0.1, 0.15) is 11.9 Å². The lowest BCUT2D eigenvalue weighted by molar-refractivity contribution is 0.191. The zero-order valence-corrected chi connectivity index (χ0v) is 10.6. The van der Waals surface area contributed by atoms with Crippen molar-refractivity contribution in [2.45, 2.75) is 44.2 Å². The summed E-state index contributed by atoms with van der Waals surface area (Å²) in [5.41, 5.74) is 5.66. The molecule has 0 saturated carbocycles. The van der Waals surface area contributed by atoms with E-state index in [1.807, 2.05) is 12.1 Å². The molecule has 1 heterocycles. The molecule has 2 aliphatic rings. The summed E-state index contributed by atoms with van der Waals surface area (Å²) in [4.78, 5) is 0. The summed E-state index contributed by atoms with van der Waals surface area (Å²) in [6, 6.07) is 8.41. The van der Waals surface area contributed by atoms with Crippen LogP contribution in [0.25, 0.3) is 0 Å². The number of ether oxygens (including phenoxy) is 1. The van der Waals surface area contributed by atoms with Crippen molar-refractivity contribution in [1.82, 2.24) is 5.43 Å². The third-order valence-corrected chi connectivity index (χ3v) is 3.95. The van der Waals surface area contributed by atoms with Crippen LogP contribution in [-0.2, 0) is 6.42 Å². The summed E-state index contributed by atoms with van der Waals surface area (Å²) < 4.78 is 6.03. The summed E-state index contributed by atoms with van der Waals surface area (Å²) in [5.74, 6) is 6.76. The van der Waals surface area contributed by atoms with E-state index in [9.17, 15) is 0 Å². The average Bonchev–Trinajstić information content (AvgIpc) is 2.84. The zero-order valence-electron chi connectivity index (χ0n) is 10.6. The van der Waals surface area contributed by atoms with Gasteiger partial charge in [-0.1, -0.05) is 29.8 Å². The fourth-order valence-corrected chi connectivity index (χ4v) is 2.99. The molecule has 1 aromatic carbocycles. The molecule has 1 aliphatic carbocycles. The number of hydrogen-bond acceptors (Lipinski definition) is 3. The first kappa shape index (κ1) is 11.8. The van der Waals surface area contributed by atoms with Crippen molar-refractivity contribution in [3.63, 3.8) is 0 Å². The molecule has 96 valence electrons. The molecule has 1 aliphatic heterocycles. The van der Waals surface area contributed by atoms with Gasteiger partial charge < -0.3 is 4.74 Å². The van der Waals surface area contributed by atoms with Gasteiger partial charge in [-0.05, 0) is 37.3 Å². The van der Waals surface area contributed by atoms with Crippen LogP contribution in [0.15, 0.2) is 35.9 Å². The van der Waals surface area contributed by atoms with Gasteiger partial charge >= 0.3 is 0 Å². The summed E-state index contributed by atoms with van der Waals surface area (Å²) in [7, 11) is 0. The quantitative estimate of drug-likeness (QED) is 0.487. The van der Waals surface area contributed by atoms with Crippen molar-refractivity contribution < 1.29 is 4.74 Å². The molecule has 0 amide bonds. The molecule has 0 fully saturated rings. The van der Waals surface area contributed by atoms with Gasteiger partial charge in [-0.3, -0.25) is 5.84 Å². The zero-order chi connectivity index (χ0) is 12.4. The Morgan fingerprint density at radius 3 is 2.89 bits per heavy atom. The van der Waals surface area contributed by atoms with Gasteiger partial charge in [0.05, 0.1) is 6.04 Å². The molecule has 0 bridgehead atoms. The van der Waals surface area contributed by atoms with E-state index in [2.05, 4.69) is 23.6 Å². The van der Waals surface area contributed by atoms with Crippen molar-refractivity contribution in [2.24, 2.45) is 5.84 Å². The van der Waals surface area contributed by atoms with Crippen molar-refractivity contribution in [1.29, 1.82) is 0 Å². The van der Waals surface area contributed by atoms with Gasteiger partial charge in [0, 0.05) is 6.42 Å². The number of nitrogens with one attached hydrogen (secondary N) is 1. The van der Waals surface area contributed by atoms with Gasteiger partial charge in [0.25, 0.3) is 0 Å². The number of hydrazine groups is 1. The van der Waals surface area contributed by atoms with Crippen LogP contribution < -0.4 is 16.0 Å². The highest BCUT2D eigenvalue weighted by molar-refractivity contribution is 5.38. The van der Waals surface area contributed by atoms with Crippen molar-refractivity contribution in [3.05, 3.63) is 41.5 Å². The Kier molecular flexibility index (Phi) is 3.35. The normalized spacial score (nSPS) is 24.1. The minimum Gasteiger partial charge on any atom is -0.488 e. The molecular formula is C15H20N2O. The molecular weight excluding hydrogens is 224 g/mol. The van der Waals surface area contributed by atoms with E-state index in [0.29, 0.717) is 0 Å². The lowest BCUT2D eigenvalue weighted by Gasteiger charge is -2.27. The van der Waals surface area contributed by atoms with Crippen LogP contribution in [-0.4, -0.2) is 12.1 Å². The molecule has 0 aromatic heterocycles. The van der Waals surface area contributed by atoms with E-state index in [1.165, 1.54) is 30.4 Å². The Labute approximate surface area is 108 Å². The van der Waals surface area contributed by atoms with Crippen LogP contribution in [0.2, 0.25) is 0 Å². The molecule has 0 radical (unpaired) electrons. The summed E-state index contributed by atoms with van der Waals surface area (Å²) in [5, 5.41) is 0. The highest BCUT2D eigenvalue weighted by Crippen LogP contribution is 2.32. The topological polar surface area (TPSA) is 47.3 Å². The molecule has 0 saturated heterocycles. The number of benzene rings is 1. The van der Waals surface area contributed by atoms with Gasteiger partial charge in [-0.25, -0.2) is 5.43 Å². The van der Waals surface area contributed by atoms with Crippen molar-refractivity contribution in [2.75, 3.05) is 0 Å². The van der Waals surface area contributed by atoms with Crippen molar-refractivity contribution in [3.8, 4) is 5.75 Å². The highest BCUT2D eigenvalue weighted by atomic mass is 16.5. The molecule has 2 unspecified atom stereocenters. The first-order valence-corrected chi connectivity index (χ1v) is 6.78. The fraction of sp³-hybridized carbons (Fsp3) is 0.467. The van der Waals surface area contributed by atoms with Crippen LogP contribution in [0, 0.1) is 0 Å². The average molecular weight is 244 g/mol. The Hall–Kier alpha value is -1.32. The Bertz CT molecular complexity index is 431. The third kappa shape index (κ3) is 2.16. The van der Waals surface area contributed by atoms with Gasteiger partial charge in [-0.15, -0.1) is 0 Å². The molecule has 2 atom stereocenters. The second kappa shape index (κ2) is 5.12. The van der Waals surface area contributed by atoms with E-state index in [-0.39, 0.29) is 12.1 Å². The van der Waals surface area contributed by atoms with E-state index < -0.39 is 0 Å². The number of para-hydroxylation sites is 1. The summed E-state index contributed by atoms with van der Waals surface area (Å²) in [6.07, 6.45) is 8.30. The lowest BCUT2D eigenvalue weighted by Crippen LogP contribution is -2.47. The predicted molar refractivity (Wildman–Crippen MR) is 72.2 cm³/mol. The SMILES string of the molecule is NNC(C1=CCCCC1)C1Cc2ccccc2O1. The van der Waals surface area contributed by atoms with Gasteiger partial charge in [0.2, 0.25) is 0 Å². The summed E-state index contributed by atoms with van der Waals surface area (Å²) in [6.45, 7) is 0. The number of fused-ring (bicyclic) bond motifs is 1. The summed E-state index contributed by atoms with van der Waals surface area (Å²) >= 11 is 0. The lowest BCUT2D eigenvalue weighted by atomic mass is 9.90. The van der Waals surface area contributed by atoms with Crippen LogP contribution in [0.4, 0.5) is 0 Å². The molecule has 3 N–H and O–H groups in total. The number of allylic oxidation sites excluding steroid dienone is 1. The number of rotatable bonds is 3.